The van der Waals surface area contributed by atoms with Gasteiger partial charge in [0.2, 0.25) is 17.8 Å². The van der Waals surface area contributed by atoms with Gasteiger partial charge in [0.1, 0.15) is 6.54 Å². The minimum Gasteiger partial charge on any atom is -0.466 e. The minimum atomic E-state index is -0.284. The van der Waals surface area contributed by atoms with E-state index in [1.807, 2.05) is 72.8 Å². The summed E-state index contributed by atoms with van der Waals surface area (Å²) in [5, 5.41) is 6.17. The van der Waals surface area contributed by atoms with Gasteiger partial charge in [-0.2, -0.15) is 0 Å². The molecular weight excluding hydrogens is 494 g/mol. The summed E-state index contributed by atoms with van der Waals surface area (Å²) < 4.78 is 5.12. The summed E-state index contributed by atoms with van der Waals surface area (Å²) in [6.45, 7) is 2.34. The zero-order valence-electron chi connectivity index (χ0n) is 21.8. The highest BCUT2D eigenvalue weighted by molar-refractivity contribution is 5.87. The van der Waals surface area contributed by atoms with Crippen LogP contribution in [0.3, 0.4) is 0 Å². The van der Waals surface area contributed by atoms with Crippen molar-refractivity contribution >= 4 is 40.5 Å². The molecule has 2 heterocycles. The summed E-state index contributed by atoms with van der Waals surface area (Å²) >= 11 is 0. The Labute approximate surface area is 226 Å². The van der Waals surface area contributed by atoms with E-state index in [1.165, 1.54) is 4.90 Å². The zero-order chi connectivity index (χ0) is 27.2. The van der Waals surface area contributed by atoms with Gasteiger partial charge in [-0.3, -0.25) is 14.4 Å². The number of esters is 1. The van der Waals surface area contributed by atoms with Crippen LogP contribution in [0.1, 0.15) is 31.7 Å². The van der Waals surface area contributed by atoms with E-state index in [9.17, 15) is 14.4 Å². The van der Waals surface area contributed by atoms with Crippen LogP contribution in [-0.2, 0) is 25.7 Å². The van der Waals surface area contributed by atoms with E-state index in [4.69, 9.17) is 4.74 Å². The number of imidazole rings is 1. The number of anilines is 2. The number of rotatable bonds is 9. The van der Waals surface area contributed by atoms with Crippen molar-refractivity contribution in [2.45, 2.75) is 32.7 Å². The Morgan fingerprint density at radius 1 is 1.15 bits per heavy atom. The van der Waals surface area contributed by atoms with Crippen LogP contribution in [0.15, 0.2) is 84.1 Å². The maximum Gasteiger partial charge on any atom is 0.306 e. The average Bonchev–Trinajstić information content (AvgIpc) is 3.27. The van der Waals surface area contributed by atoms with E-state index in [1.54, 1.807) is 6.92 Å². The number of para-hydroxylation sites is 2. The molecule has 1 atom stereocenters. The second-order valence-electron chi connectivity index (χ2n) is 9.43. The van der Waals surface area contributed by atoms with Crippen molar-refractivity contribution in [2.75, 3.05) is 18.5 Å². The SMILES string of the molecule is CCOC(=O)CC1C=CC=C2C1=CCCC(=O)N2CC(=O)NCc1ccc(Nc2nc3ccccc3[nH]2)cc1. The maximum atomic E-state index is 12.9. The van der Waals surface area contributed by atoms with Gasteiger partial charge in [-0.1, -0.05) is 42.5 Å². The number of carbonyl (C=O) groups is 3. The van der Waals surface area contributed by atoms with Crippen LogP contribution in [-0.4, -0.2) is 45.8 Å². The topological polar surface area (TPSA) is 116 Å². The van der Waals surface area contributed by atoms with Gasteiger partial charge in [0.15, 0.2) is 0 Å². The summed E-state index contributed by atoms with van der Waals surface area (Å²) in [6.07, 6.45) is 8.66. The molecule has 0 spiro atoms. The molecule has 3 aromatic rings. The third-order valence-electron chi connectivity index (χ3n) is 6.70. The van der Waals surface area contributed by atoms with Gasteiger partial charge in [-0.25, -0.2) is 4.98 Å². The summed E-state index contributed by atoms with van der Waals surface area (Å²) in [6, 6.07) is 15.5. The van der Waals surface area contributed by atoms with Gasteiger partial charge in [0, 0.05) is 30.3 Å². The van der Waals surface area contributed by atoms with Gasteiger partial charge < -0.3 is 25.3 Å². The number of nitrogens with one attached hydrogen (secondary N) is 3. The molecular formula is C30H31N5O4. The molecule has 0 fully saturated rings. The smallest absolute Gasteiger partial charge is 0.306 e. The van der Waals surface area contributed by atoms with E-state index in [0.717, 1.165) is 27.9 Å². The predicted molar refractivity (Wildman–Crippen MR) is 149 cm³/mol. The van der Waals surface area contributed by atoms with Crippen molar-refractivity contribution < 1.29 is 19.1 Å². The van der Waals surface area contributed by atoms with Gasteiger partial charge >= 0.3 is 5.97 Å². The minimum absolute atomic E-state index is 0.0896. The lowest BCUT2D eigenvalue weighted by atomic mass is 9.88. The molecule has 1 aliphatic carbocycles. The van der Waals surface area contributed by atoms with E-state index in [0.29, 0.717) is 37.6 Å². The molecule has 9 nitrogen and oxygen atoms in total. The fourth-order valence-corrected chi connectivity index (χ4v) is 4.80. The van der Waals surface area contributed by atoms with E-state index in [2.05, 4.69) is 20.6 Å². The molecule has 0 bridgehead atoms. The monoisotopic (exact) mass is 525 g/mol. The second-order valence-corrected chi connectivity index (χ2v) is 9.43. The van der Waals surface area contributed by atoms with Crippen molar-refractivity contribution in [3.63, 3.8) is 0 Å². The molecule has 2 aromatic carbocycles. The lowest BCUT2D eigenvalue weighted by Crippen LogP contribution is -2.40. The van der Waals surface area contributed by atoms with Crippen LogP contribution in [0.5, 0.6) is 0 Å². The average molecular weight is 526 g/mol. The van der Waals surface area contributed by atoms with Crippen LogP contribution >= 0.6 is 0 Å². The van der Waals surface area contributed by atoms with Crippen LogP contribution in [0.2, 0.25) is 0 Å². The predicted octanol–water partition coefficient (Wildman–Crippen LogP) is 4.49. The number of hydrogen-bond donors (Lipinski definition) is 3. The van der Waals surface area contributed by atoms with Gasteiger partial charge in [0.25, 0.3) is 0 Å². The van der Waals surface area contributed by atoms with Crippen molar-refractivity contribution in [2.24, 2.45) is 5.92 Å². The Bertz CT molecular complexity index is 1430. The lowest BCUT2D eigenvalue weighted by Gasteiger charge is -2.29. The number of benzene rings is 2. The van der Waals surface area contributed by atoms with Crippen molar-refractivity contribution in [1.29, 1.82) is 0 Å². The van der Waals surface area contributed by atoms with Crippen molar-refractivity contribution in [3.8, 4) is 0 Å². The quantitative estimate of drug-likeness (QED) is 0.355. The Balaban J connectivity index is 1.18. The largest absolute Gasteiger partial charge is 0.466 e. The molecule has 2 amide bonds. The summed E-state index contributed by atoms with van der Waals surface area (Å²) in [5.74, 6) is -0.190. The Morgan fingerprint density at radius 2 is 1.97 bits per heavy atom. The van der Waals surface area contributed by atoms with Crippen LogP contribution < -0.4 is 10.6 Å². The van der Waals surface area contributed by atoms with Crippen LogP contribution in [0.4, 0.5) is 11.6 Å². The Hall–Kier alpha value is -4.66. The molecule has 2 aliphatic rings. The molecule has 5 rings (SSSR count). The van der Waals surface area contributed by atoms with Gasteiger partial charge in [0.05, 0.1) is 24.1 Å². The highest BCUT2D eigenvalue weighted by Gasteiger charge is 2.30. The van der Waals surface area contributed by atoms with Gasteiger partial charge in [-0.05, 0) is 54.8 Å². The highest BCUT2D eigenvalue weighted by atomic mass is 16.5. The molecule has 1 unspecified atom stereocenters. The number of amides is 2. The second kappa shape index (κ2) is 11.8. The lowest BCUT2D eigenvalue weighted by molar-refractivity contribution is -0.143. The third kappa shape index (κ3) is 6.26. The first-order chi connectivity index (χ1) is 19.0. The number of carbonyl (C=O) groups excluding carboxylic acids is 3. The number of allylic oxidation sites excluding steroid dienone is 5. The van der Waals surface area contributed by atoms with Gasteiger partial charge in [-0.15, -0.1) is 0 Å². The van der Waals surface area contributed by atoms with Crippen LogP contribution in [0, 0.1) is 5.92 Å². The fraction of sp³-hybridized carbons (Fsp3) is 0.267. The summed E-state index contributed by atoms with van der Waals surface area (Å²) in [7, 11) is 0. The van der Waals surface area contributed by atoms with E-state index < -0.39 is 0 Å². The number of nitrogens with zero attached hydrogens (tertiary/aromatic N) is 2. The molecule has 1 aromatic heterocycles. The number of hydrogen-bond acceptors (Lipinski definition) is 6. The molecule has 0 radical (unpaired) electrons. The normalized spacial score (nSPS) is 16.7. The summed E-state index contributed by atoms with van der Waals surface area (Å²) in [5.41, 5.74) is 5.20. The molecule has 39 heavy (non-hydrogen) atoms. The summed E-state index contributed by atoms with van der Waals surface area (Å²) in [4.78, 5) is 47.2. The zero-order valence-corrected chi connectivity index (χ0v) is 21.8. The highest BCUT2D eigenvalue weighted by Crippen LogP contribution is 2.33. The fourth-order valence-electron chi connectivity index (χ4n) is 4.80. The molecule has 9 heteroatoms. The molecule has 1 aliphatic heterocycles. The Kier molecular flexibility index (Phi) is 7.86. The van der Waals surface area contributed by atoms with E-state index >= 15 is 0 Å². The molecule has 3 N–H and O–H groups in total. The standard InChI is InChI=1S/C30H31N5O4/c1-2-39-29(38)17-21-7-5-11-26-23(21)8-6-12-28(37)35(26)19-27(36)31-18-20-13-15-22(16-14-20)32-30-33-24-9-3-4-10-25(24)34-30/h3-5,7-11,13-16,21H,2,6,12,17-19H2,1H3,(H,31,36)(H2,32,33,34). The maximum absolute atomic E-state index is 12.9. The Morgan fingerprint density at radius 3 is 2.77 bits per heavy atom. The number of H-pyrrole nitrogens is 1. The number of ether oxygens (including phenoxy) is 1. The first-order valence-corrected chi connectivity index (χ1v) is 13.1. The molecule has 200 valence electrons. The van der Waals surface area contributed by atoms with Crippen molar-refractivity contribution in [3.05, 3.63) is 89.7 Å². The van der Waals surface area contributed by atoms with Crippen LogP contribution in [0.25, 0.3) is 11.0 Å². The molecule has 0 saturated carbocycles. The first-order valence-electron chi connectivity index (χ1n) is 13.1. The molecule has 0 saturated heterocycles. The number of fused-ring (bicyclic) bond motifs is 2. The van der Waals surface area contributed by atoms with Crippen molar-refractivity contribution in [1.82, 2.24) is 20.2 Å². The number of aromatic amines is 1. The third-order valence-corrected chi connectivity index (χ3v) is 6.70. The number of aromatic nitrogens is 2. The first kappa shape index (κ1) is 26.0. The van der Waals surface area contributed by atoms with E-state index in [-0.39, 0.29) is 36.7 Å².